The lowest BCUT2D eigenvalue weighted by Crippen LogP contribution is -2.37. The molecule has 66 valence electrons. The highest BCUT2D eigenvalue weighted by Crippen LogP contribution is 2.10. The predicted octanol–water partition coefficient (Wildman–Crippen LogP) is -0.599. The standard InChI is InChI=1S/C8H13N3O/c9-7(5-12)8(10)6-1-3-11-4-2-6/h1-4,7-8,12H,5,9-10H2. The van der Waals surface area contributed by atoms with Gasteiger partial charge in [-0.1, -0.05) is 0 Å². The summed E-state index contributed by atoms with van der Waals surface area (Å²) in [5.41, 5.74) is 12.2. The first-order chi connectivity index (χ1) is 5.75. The number of aliphatic hydroxyl groups is 1. The van der Waals surface area contributed by atoms with Crippen molar-refractivity contribution in [1.82, 2.24) is 4.98 Å². The number of hydrogen-bond donors (Lipinski definition) is 3. The lowest BCUT2D eigenvalue weighted by atomic mass is 10.0. The summed E-state index contributed by atoms with van der Waals surface area (Å²) in [4.78, 5) is 3.85. The third-order valence-corrected chi connectivity index (χ3v) is 1.76. The zero-order chi connectivity index (χ0) is 8.97. The predicted molar refractivity (Wildman–Crippen MR) is 46.2 cm³/mol. The summed E-state index contributed by atoms with van der Waals surface area (Å²) in [6.45, 7) is -0.108. The molecular weight excluding hydrogens is 154 g/mol. The molecule has 0 aliphatic rings. The molecule has 0 fully saturated rings. The van der Waals surface area contributed by atoms with E-state index in [-0.39, 0.29) is 12.6 Å². The van der Waals surface area contributed by atoms with Crippen LogP contribution in [0.2, 0.25) is 0 Å². The van der Waals surface area contributed by atoms with E-state index >= 15 is 0 Å². The molecule has 4 heteroatoms. The van der Waals surface area contributed by atoms with Crippen LogP contribution in [0.3, 0.4) is 0 Å². The molecule has 0 spiro atoms. The number of pyridine rings is 1. The van der Waals surface area contributed by atoms with Gasteiger partial charge in [0.1, 0.15) is 0 Å². The molecule has 2 unspecified atom stereocenters. The van der Waals surface area contributed by atoms with E-state index in [0.29, 0.717) is 0 Å². The molecule has 0 aromatic carbocycles. The van der Waals surface area contributed by atoms with Crippen LogP contribution >= 0.6 is 0 Å². The maximum Gasteiger partial charge on any atom is 0.0601 e. The zero-order valence-corrected chi connectivity index (χ0v) is 6.72. The van der Waals surface area contributed by atoms with Crippen LogP contribution in [-0.2, 0) is 0 Å². The van der Waals surface area contributed by atoms with E-state index in [1.54, 1.807) is 24.5 Å². The first-order valence-electron chi connectivity index (χ1n) is 3.77. The Labute approximate surface area is 71.2 Å². The summed E-state index contributed by atoms with van der Waals surface area (Å²) in [6, 6.07) is 2.85. The van der Waals surface area contributed by atoms with E-state index < -0.39 is 6.04 Å². The van der Waals surface area contributed by atoms with Crippen LogP contribution in [0.25, 0.3) is 0 Å². The Balaban J connectivity index is 2.71. The second-order valence-corrected chi connectivity index (χ2v) is 2.65. The van der Waals surface area contributed by atoms with Gasteiger partial charge in [0.2, 0.25) is 0 Å². The van der Waals surface area contributed by atoms with Gasteiger partial charge < -0.3 is 16.6 Å². The largest absolute Gasteiger partial charge is 0.395 e. The van der Waals surface area contributed by atoms with E-state index in [1.807, 2.05) is 0 Å². The van der Waals surface area contributed by atoms with Gasteiger partial charge in [0.05, 0.1) is 6.61 Å². The summed E-state index contributed by atoms with van der Waals surface area (Å²) in [5.74, 6) is 0. The van der Waals surface area contributed by atoms with Crippen molar-refractivity contribution in [2.24, 2.45) is 11.5 Å². The van der Waals surface area contributed by atoms with Crippen molar-refractivity contribution in [1.29, 1.82) is 0 Å². The molecule has 0 saturated heterocycles. The molecule has 5 N–H and O–H groups in total. The fourth-order valence-corrected chi connectivity index (χ4v) is 0.946. The van der Waals surface area contributed by atoms with Gasteiger partial charge in [-0.05, 0) is 17.7 Å². The monoisotopic (exact) mass is 167 g/mol. The van der Waals surface area contributed by atoms with Crippen LogP contribution in [-0.4, -0.2) is 22.7 Å². The summed E-state index contributed by atoms with van der Waals surface area (Å²) in [7, 11) is 0. The molecule has 4 nitrogen and oxygen atoms in total. The molecule has 1 aromatic heterocycles. The maximum atomic E-state index is 8.75. The first-order valence-corrected chi connectivity index (χ1v) is 3.77. The van der Waals surface area contributed by atoms with Gasteiger partial charge in [0, 0.05) is 24.5 Å². The Bertz CT molecular complexity index is 227. The quantitative estimate of drug-likeness (QED) is 0.561. The van der Waals surface area contributed by atoms with E-state index in [2.05, 4.69) is 4.98 Å². The lowest BCUT2D eigenvalue weighted by Gasteiger charge is -2.17. The number of aliphatic hydroxyl groups excluding tert-OH is 1. The highest BCUT2D eigenvalue weighted by Gasteiger charge is 2.13. The van der Waals surface area contributed by atoms with Gasteiger partial charge in [-0.15, -0.1) is 0 Å². The highest BCUT2D eigenvalue weighted by atomic mass is 16.3. The first kappa shape index (κ1) is 9.12. The van der Waals surface area contributed by atoms with Crippen LogP contribution in [0.15, 0.2) is 24.5 Å². The lowest BCUT2D eigenvalue weighted by molar-refractivity contribution is 0.250. The van der Waals surface area contributed by atoms with E-state index in [4.69, 9.17) is 16.6 Å². The van der Waals surface area contributed by atoms with Crippen LogP contribution in [0.5, 0.6) is 0 Å². The van der Waals surface area contributed by atoms with Crippen molar-refractivity contribution in [3.63, 3.8) is 0 Å². The fraction of sp³-hybridized carbons (Fsp3) is 0.375. The molecule has 2 atom stereocenters. The van der Waals surface area contributed by atoms with Crippen LogP contribution < -0.4 is 11.5 Å². The Morgan fingerprint density at radius 1 is 1.33 bits per heavy atom. The van der Waals surface area contributed by atoms with Gasteiger partial charge in [-0.2, -0.15) is 0 Å². The molecule has 1 heterocycles. The third-order valence-electron chi connectivity index (χ3n) is 1.76. The van der Waals surface area contributed by atoms with Crippen molar-refractivity contribution in [3.05, 3.63) is 30.1 Å². The van der Waals surface area contributed by atoms with E-state index in [0.717, 1.165) is 5.56 Å². The Morgan fingerprint density at radius 3 is 2.42 bits per heavy atom. The van der Waals surface area contributed by atoms with Gasteiger partial charge in [0.25, 0.3) is 0 Å². The molecule has 0 aliphatic heterocycles. The van der Waals surface area contributed by atoms with Crippen LogP contribution in [0.4, 0.5) is 0 Å². The SMILES string of the molecule is NC(CO)C(N)c1ccncc1. The van der Waals surface area contributed by atoms with E-state index in [1.165, 1.54) is 0 Å². The summed E-state index contributed by atoms with van der Waals surface area (Å²) in [6.07, 6.45) is 3.30. The molecular formula is C8H13N3O. The minimum absolute atomic E-state index is 0.108. The summed E-state index contributed by atoms with van der Waals surface area (Å²) in [5, 5.41) is 8.75. The maximum absolute atomic E-state index is 8.75. The number of aromatic nitrogens is 1. The third kappa shape index (κ3) is 2.01. The van der Waals surface area contributed by atoms with E-state index in [9.17, 15) is 0 Å². The van der Waals surface area contributed by atoms with Crippen molar-refractivity contribution >= 4 is 0 Å². The van der Waals surface area contributed by atoms with Crippen LogP contribution in [0, 0.1) is 0 Å². The summed E-state index contributed by atoms with van der Waals surface area (Å²) < 4.78 is 0. The normalized spacial score (nSPS) is 15.6. The number of nitrogens with two attached hydrogens (primary N) is 2. The zero-order valence-electron chi connectivity index (χ0n) is 6.72. The molecule has 0 bridgehead atoms. The average molecular weight is 167 g/mol. The Hall–Kier alpha value is -0.970. The minimum Gasteiger partial charge on any atom is -0.395 e. The number of hydrogen-bond acceptors (Lipinski definition) is 4. The highest BCUT2D eigenvalue weighted by molar-refractivity contribution is 5.16. The van der Waals surface area contributed by atoms with Crippen molar-refractivity contribution < 1.29 is 5.11 Å². The Morgan fingerprint density at radius 2 is 1.92 bits per heavy atom. The van der Waals surface area contributed by atoms with Crippen molar-refractivity contribution in [2.75, 3.05) is 6.61 Å². The molecule has 12 heavy (non-hydrogen) atoms. The second-order valence-electron chi connectivity index (χ2n) is 2.65. The van der Waals surface area contributed by atoms with Gasteiger partial charge in [0.15, 0.2) is 0 Å². The molecule has 1 rings (SSSR count). The molecule has 0 aliphatic carbocycles. The fourth-order valence-electron chi connectivity index (χ4n) is 0.946. The smallest absolute Gasteiger partial charge is 0.0601 e. The molecule has 0 radical (unpaired) electrons. The molecule has 0 saturated carbocycles. The molecule has 1 aromatic rings. The van der Waals surface area contributed by atoms with Crippen molar-refractivity contribution in [2.45, 2.75) is 12.1 Å². The van der Waals surface area contributed by atoms with Gasteiger partial charge in [-0.25, -0.2) is 0 Å². The number of nitrogens with zero attached hydrogens (tertiary/aromatic N) is 1. The van der Waals surface area contributed by atoms with Crippen molar-refractivity contribution in [3.8, 4) is 0 Å². The van der Waals surface area contributed by atoms with Crippen LogP contribution in [0.1, 0.15) is 11.6 Å². The Kier molecular flexibility index (Phi) is 3.16. The second kappa shape index (κ2) is 4.15. The topological polar surface area (TPSA) is 85.2 Å². The van der Waals surface area contributed by atoms with Gasteiger partial charge >= 0.3 is 0 Å². The summed E-state index contributed by atoms with van der Waals surface area (Å²) >= 11 is 0. The number of rotatable bonds is 3. The molecule has 0 amide bonds. The van der Waals surface area contributed by atoms with Gasteiger partial charge in [-0.3, -0.25) is 4.98 Å². The minimum atomic E-state index is -0.410. The average Bonchev–Trinajstić information content (AvgIpc) is 2.17.